The van der Waals surface area contributed by atoms with Gasteiger partial charge in [-0.1, -0.05) is 48.0 Å². The van der Waals surface area contributed by atoms with Crippen molar-refractivity contribution in [1.82, 2.24) is 0 Å². The minimum absolute atomic E-state index is 0.235. The van der Waals surface area contributed by atoms with Gasteiger partial charge in [0.1, 0.15) is 5.75 Å². The fourth-order valence-corrected chi connectivity index (χ4v) is 1.79. The van der Waals surface area contributed by atoms with Gasteiger partial charge in [-0.15, -0.1) is 0 Å². The summed E-state index contributed by atoms with van der Waals surface area (Å²) in [5.41, 5.74) is 3.05. The van der Waals surface area contributed by atoms with Gasteiger partial charge >= 0.3 is 0 Å². The summed E-state index contributed by atoms with van der Waals surface area (Å²) < 4.78 is 0. The van der Waals surface area contributed by atoms with E-state index in [-0.39, 0.29) is 5.75 Å². The Morgan fingerprint density at radius 3 is 2.47 bits per heavy atom. The molecule has 17 heavy (non-hydrogen) atoms. The fraction of sp³-hybridized carbons (Fsp3) is 0.0667. The summed E-state index contributed by atoms with van der Waals surface area (Å²) in [5.74, 6) is 0.235. The van der Waals surface area contributed by atoms with Gasteiger partial charge in [0.05, 0.1) is 0 Å². The van der Waals surface area contributed by atoms with Crippen LogP contribution in [-0.4, -0.2) is 5.11 Å². The van der Waals surface area contributed by atoms with Crippen LogP contribution in [0.1, 0.15) is 16.7 Å². The van der Waals surface area contributed by atoms with Crippen molar-refractivity contribution >= 4 is 23.8 Å². The molecule has 2 heteroatoms. The van der Waals surface area contributed by atoms with Crippen LogP contribution in [-0.2, 0) is 0 Å². The first-order valence-corrected chi connectivity index (χ1v) is 5.77. The van der Waals surface area contributed by atoms with E-state index >= 15 is 0 Å². The number of aryl methyl sites for hydroxylation is 1. The molecule has 0 heterocycles. The molecule has 0 aliphatic rings. The second-order valence-corrected chi connectivity index (χ2v) is 4.33. The Bertz CT molecular complexity index is 559. The lowest BCUT2D eigenvalue weighted by atomic mass is 10.1. The van der Waals surface area contributed by atoms with Crippen molar-refractivity contribution in [3.63, 3.8) is 0 Å². The van der Waals surface area contributed by atoms with Crippen molar-refractivity contribution in [2.75, 3.05) is 0 Å². The SMILES string of the molecule is Cc1ccccc1C=Cc1cc(Cl)ccc1O. The first-order chi connectivity index (χ1) is 8.16. The molecule has 0 radical (unpaired) electrons. The molecule has 0 saturated heterocycles. The maximum absolute atomic E-state index is 9.67. The lowest BCUT2D eigenvalue weighted by Crippen LogP contribution is -1.79. The molecule has 0 atom stereocenters. The normalized spacial score (nSPS) is 10.9. The van der Waals surface area contributed by atoms with E-state index in [4.69, 9.17) is 11.6 Å². The number of aromatic hydroxyl groups is 1. The van der Waals surface area contributed by atoms with Gasteiger partial charge in [-0.2, -0.15) is 0 Å². The molecule has 2 aromatic carbocycles. The van der Waals surface area contributed by atoms with Crippen LogP contribution >= 0.6 is 11.6 Å². The predicted molar refractivity (Wildman–Crippen MR) is 73.2 cm³/mol. The number of halogens is 1. The highest BCUT2D eigenvalue weighted by Gasteiger charge is 1.98. The van der Waals surface area contributed by atoms with Crippen LogP contribution in [0, 0.1) is 6.92 Å². The molecule has 0 saturated carbocycles. The number of phenolic OH excluding ortho intramolecular Hbond substituents is 1. The zero-order chi connectivity index (χ0) is 12.3. The first kappa shape index (κ1) is 11.7. The molecule has 0 fully saturated rings. The van der Waals surface area contributed by atoms with Gasteiger partial charge in [0.15, 0.2) is 0 Å². The van der Waals surface area contributed by atoms with Gasteiger partial charge < -0.3 is 5.11 Å². The van der Waals surface area contributed by atoms with E-state index in [1.54, 1.807) is 18.2 Å². The standard InChI is InChI=1S/C15H13ClO/c1-11-4-2-3-5-12(11)6-7-13-10-14(16)8-9-15(13)17/h2-10,17H,1H3. The topological polar surface area (TPSA) is 20.2 Å². The van der Waals surface area contributed by atoms with Crippen LogP contribution in [0.4, 0.5) is 0 Å². The highest BCUT2D eigenvalue weighted by atomic mass is 35.5. The van der Waals surface area contributed by atoms with Crippen LogP contribution in [0.15, 0.2) is 42.5 Å². The summed E-state index contributed by atoms with van der Waals surface area (Å²) >= 11 is 5.88. The molecular formula is C15H13ClO. The minimum Gasteiger partial charge on any atom is -0.507 e. The van der Waals surface area contributed by atoms with Gasteiger partial charge in [-0.25, -0.2) is 0 Å². The van der Waals surface area contributed by atoms with E-state index < -0.39 is 0 Å². The Balaban J connectivity index is 2.32. The Hall–Kier alpha value is -1.73. The first-order valence-electron chi connectivity index (χ1n) is 5.39. The molecule has 0 unspecified atom stereocenters. The van der Waals surface area contributed by atoms with E-state index in [1.165, 1.54) is 5.56 Å². The Morgan fingerprint density at radius 2 is 1.71 bits per heavy atom. The molecule has 86 valence electrons. The average Bonchev–Trinajstić information content (AvgIpc) is 2.32. The van der Waals surface area contributed by atoms with Gasteiger partial charge in [0, 0.05) is 10.6 Å². The Morgan fingerprint density at radius 1 is 1.00 bits per heavy atom. The van der Waals surface area contributed by atoms with Crippen LogP contribution in [0.2, 0.25) is 5.02 Å². The highest BCUT2D eigenvalue weighted by Crippen LogP contribution is 2.23. The Labute approximate surface area is 106 Å². The third kappa shape index (κ3) is 2.89. The number of hydrogen-bond donors (Lipinski definition) is 1. The summed E-state index contributed by atoms with van der Waals surface area (Å²) in [6.07, 6.45) is 3.84. The lowest BCUT2D eigenvalue weighted by molar-refractivity contribution is 0.474. The largest absolute Gasteiger partial charge is 0.507 e. The van der Waals surface area contributed by atoms with Crippen molar-refractivity contribution in [3.8, 4) is 5.75 Å². The van der Waals surface area contributed by atoms with Crippen molar-refractivity contribution < 1.29 is 5.11 Å². The quantitative estimate of drug-likeness (QED) is 0.770. The second-order valence-electron chi connectivity index (χ2n) is 3.89. The third-order valence-corrected chi connectivity index (χ3v) is 2.86. The van der Waals surface area contributed by atoms with E-state index in [0.717, 1.165) is 11.1 Å². The van der Waals surface area contributed by atoms with E-state index in [1.807, 2.05) is 30.4 Å². The van der Waals surface area contributed by atoms with E-state index in [2.05, 4.69) is 13.0 Å². The molecular weight excluding hydrogens is 232 g/mol. The lowest BCUT2D eigenvalue weighted by Gasteiger charge is -2.01. The van der Waals surface area contributed by atoms with Crippen molar-refractivity contribution in [2.24, 2.45) is 0 Å². The zero-order valence-electron chi connectivity index (χ0n) is 9.52. The van der Waals surface area contributed by atoms with Gasteiger partial charge in [-0.3, -0.25) is 0 Å². The molecule has 1 N–H and O–H groups in total. The molecule has 0 spiro atoms. The van der Waals surface area contributed by atoms with Crippen molar-refractivity contribution in [3.05, 3.63) is 64.2 Å². The maximum Gasteiger partial charge on any atom is 0.122 e. The van der Waals surface area contributed by atoms with Crippen molar-refractivity contribution in [2.45, 2.75) is 6.92 Å². The summed E-state index contributed by atoms with van der Waals surface area (Å²) in [6.45, 7) is 2.05. The van der Waals surface area contributed by atoms with Gasteiger partial charge in [0.25, 0.3) is 0 Å². The molecule has 2 rings (SSSR count). The van der Waals surface area contributed by atoms with Crippen LogP contribution in [0.25, 0.3) is 12.2 Å². The van der Waals surface area contributed by atoms with Crippen LogP contribution < -0.4 is 0 Å². The van der Waals surface area contributed by atoms with Gasteiger partial charge in [-0.05, 0) is 36.2 Å². The second kappa shape index (κ2) is 5.07. The number of benzene rings is 2. The van der Waals surface area contributed by atoms with Crippen molar-refractivity contribution in [1.29, 1.82) is 0 Å². The summed E-state index contributed by atoms with van der Waals surface area (Å²) in [6, 6.07) is 13.1. The monoisotopic (exact) mass is 244 g/mol. The maximum atomic E-state index is 9.67. The van der Waals surface area contributed by atoms with Gasteiger partial charge in [0.2, 0.25) is 0 Å². The summed E-state index contributed by atoms with van der Waals surface area (Å²) in [4.78, 5) is 0. The molecule has 0 aliphatic carbocycles. The average molecular weight is 245 g/mol. The third-order valence-electron chi connectivity index (χ3n) is 2.62. The summed E-state index contributed by atoms with van der Waals surface area (Å²) in [5, 5.41) is 10.3. The highest BCUT2D eigenvalue weighted by molar-refractivity contribution is 6.30. The number of phenols is 1. The summed E-state index contributed by atoms with van der Waals surface area (Å²) in [7, 11) is 0. The molecule has 0 amide bonds. The smallest absolute Gasteiger partial charge is 0.122 e. The van der Waals surface area contributed by atoms with Crippen LogP contribution in [0.5, 0.6) is 5.75 Å². The zero-order valence-corrected chi connectivity index (χ0v) is 10.3. The number of hydrogen-bond acceptors (Lipinski definition) is 1. The molecule has 2 aromatic rings. The molecule has 0 aromatic heterocycles. The van der Waals surface area contributed by atoms with E-state index in [0.29, 0.717) is 5.02 Å². The minimum atomic E-state index is 0.235. The van der Waals surface area contributed by atoms with Crippen LogP contribution in [0.3, 0.4) is 0 Å². The fourth-order valence-electron chi connectivity index (χ4n) is 1.61. The molecule has 0 bridgehead atoms. The predicted octanol–water partition coefficient (Wildman–Crippen LogP) is 4.52. The number of rotatable bonds is 2. The molecule has 1 nitrogen and oxygen atoms in total. The Kier molecular flexibility index (Phi) is 3.50. The molecule has 0 aliphatic heterocycles. The van der Waals surface area contributed by atoms with E-state index in [9.17, 15) is 5.11 Å².